The number of aromatic nitrogens is 1. The molecule has 24 heavy (non-hydrogen) atoms. The Bertz CT molecular complexity index is 653. The summed E-state index contributed by atoms with van der Waals surface area (Å²) in [7, 11) is 0. The predicted octanol–water partition coefficient (Wildman–Crippen LogP) is 3.48. The van der Waals surface area contributed by atoms with Gasteiger partial charge in [-0.1, -0.05) is 18.2 Å². The maximum Gasteiger partial charge on any atom is 0.338 e. The second-order valence-electron chi connectivity index (χ2n) is 5.70. The molecule has 5 nitrogen and oxygen atoms in total. The Labute approximate surface area is 141 Å². The Morgan fingerprint density at radius 2 is 2.04 bits per heavy atom. The first-order valence-electron chi connectivity index (χ1n) is 8.20. The van der Waals surface area contributed by atoms with Crippen LogP contribution in [0.2, 0.25) is 0 Å². The molecule has 0 spiro atoms. The van der Waals surface area contributed by atoms with Crippen molar-refractivity contribution in [2.24, 2.45) is 0 Å². The fourth-order valence-corrected chi connectivity index (χ4v) is 2.52. The molecule has 3 rings (SSSR count). The normalized spacial score (nSPS) is 17.4. The Hall–Kier alpha value is -2.24. The van der Waals surface area contributed by atoms with E-state index in [1.54, 1.807) is 18.3 Å². The summed E-state index contributed by atoms with van der Waals surface area (Å²) in [5, 5.41) is 0. The van der Waals surface area contributed by atoms with E-state index in [0.717, 1.165) is 37.1 Å². The second kappa shape index (κ2) is 8.57. The Kier molecular flexibility index (Phi) is 5.93. The van der Waals surface area contributed by atoms with E-state index in [0.29, 0.717) is 12.2 Å². The number of benzene rings is 1. The molecule has 1 aromatic carbocycles. The minimum Gasteiger partial charge on any atom is -0.457 e. The van der Waals surface area contributed by atoms with E-state index in [-0.39, 0.29) is 18.9 Å². The summed E-state index contributed by atoms with van der Waals surface area (Å²) in [5.41, 5.74) is 2.24. The highest BCUT2D eigenvalue weighted by Gasteiger charge is 2.14. The number of hydrogen-bond acceptors (Lipinski definition) is 5. The van der Waals surface area contributed by atoms with Crippen LogP contribution < -0.4 is 0 Å². The van der Waals surface area contributed by atoms with Crippen molar-refractivity contribution in [3.05, 3.63) is 65.5 Å². The number of esters is 1. The van der Waals surface area contributed by atoms with Crippen LogP contribution in [0.5, 0.6) is 0 Å². The minimum atomic E-state index is -0.333. The molecule has 1 atom stereocenters. The van der Waals surface area contributed by atoms with E-state index in [1.165, 1.54) is 0 Å². The highest BCUT2D eigenvalue weighted by Crippen LogP contribution is 2.15. The average Bonchev–Trinajstić information content (AvgIpc) is 2.66. The van der Waals surface area contributed by atoms with Gasteiger partial charge in [-0.2, -0.15) is 0 Å². The third-order valence-electron chi connectivity index (χ3n) is 3.82. The molecule has 0 aliphatic carbocycles. The predicted molar refractivity (Wildman–Crippen MR) is 88.2 cm³/mol. The summed E-state index contributed by atoms with van der Waals surface area (Å²) in [6, 6.07) is 12.7. The van der Waals surface area contributed by atoms with Gasteiger partial charge in [0.25, 0.3) is 0 Å². The number of hydrogen-bond donors (Lipinski definition) is 0. The maximum atomic E-state index is 12.0. The number of nitrogens with zero attached hydrogens (tertiary/aromatic N) is 1. The Morgan fingerprint density at radius 1 is 1.17 bits per heavy atom. The van der Waals surface area contributed by atoms with Crippen molar-refractivity contribution < 1.29 is 19.0 Å². The molecule has 1 aliphatic rings. The van der Waals surface area contributed by atoms with Crippen LogP contribution in [-0.4, -0.2) is 23.9 Å². The van der Waals surface area contributed by atoms with Gasteiger partial charge in [0.2, 0.25) is 0 Å². The fraction of sp³-hybridized carbons (Fsp3) is 0.368. The van der Waals surface area contributed by atoms with Crippen LogP contribution in [0.25, 0.3) is 0 Å². The van der Waals surface area contributed by atoms with E-state index < -0.39 is 0 Å². The number of ether oxygens (including phenoxy) is 3. The molecule has 1 unspecified atom stereocenters. The van der Waals surface area contributed by atoms with Crippen LogP contribution >= 0.6 is 0 Å². The lowest BCUT2D eigenvalue weighted by Gasteiger charge is -2.22. The third kappa shape index (κ3) is 4.88. The molecule has 1 saturated heterocycles. The van der Waals surface area contributed by atoms with Crippen molar-refractivity contribution in [3.8, 4) is 0 Å². The van der Waals surface area contributed by atoms with Gasteiger partial charge < -0.3 is 14.2 Å². The standard InChI is InChI=1S/C19H21NO4/c21-19(16-6-2-1-3-7-16)24-13-15-9-10-20-17(12-15)14-23-18-8-4-5-11-22-18/h1-3,6-7,9-10,12,18H,4-5,8,11,13-14H2. The van der Waals surface area contributed by atoms with Crippen LogP contribution in [0, 0.1) is 0 Å². The van der Waals surface area contributed by atoms with E-state index in [9.17, 15) is 4.79 Å². The maximum absolute atomic E-state index is 12.0. The van der Waals surface area contributed by atoms with Crippen LogP contribution in [0.4, 0.5) is 0 Å². The van der Waals surface area contributed by atoms with Crippen LogP contribution in [0.15, 0.2) is 48.7 Å². The monoisotopic (exact) mass is 327 g/mol. The number of carbonyl (C=O) groups excluding carboxylic acids is 1. The van der Waals surface area contributed by atoms with E-state index >= 15 is 0 Å². The first kappa shape index (κ1) is 16.6. The average molecular weight is 327 g/mol. The smallest absolute Gasteiger partial charge is 0.338 e. The summed E-state index contributed by atoms with van der Waals surface area (Å²) in [5.74, 6) is -0.333. The molecule has 0 saturated carbocycles. The first-order valence-corrected chi connectivity index (χ1v) is 8.20. The highest BCUT2D eigenvalue weighted by molar-refractivity contribution is 5.89. The van der Waals surface area contributed by atoms with E-state index in [1.807, 2.05) is 30.3 Å². The van der Waals surface area contributed by atoms with Gasteiger partial charge in [-0.3, -0.25) is 4.98 Å². The summed E-state index contributed by atoms with van der Waals surface area (Å²) in [6.45, 7) is 1.36. The third-order valence-corrected chi connectivity index (χ3v) is 3.82. The van der Waals surface area contributed by atoms with Crippen molar-refractivity contribution in [2.75, 3.05) is 6.61 Å². The summed E-state index contributed by atoms with van der Waals surface area (Å²) in [4.78, 5) is 16.2. The molecule has 1 fully saturated rings. The van der Waals surface area contributed by atoms with Crippen molar-refractivity contribution in [1.82, 2.24) is 4.98 Å². The molecular formula is C19H21NO4. The zero-order valence-corrected chi connectivity index (χ0v) is 13.5. The van der Waals surface area contributed by atoms with Crippen molar-refractivity contribution in [2.45, 2.75) is 38.8 Å². The lowest BCUT2D eigenvalue weighted by atomic mass is 10.2. The van der Waals surface area contributed by atoms with E-state index in [4.69, 9.17) is 14.2 Å². The van der Waals surface area contributed by atoms with Gasteiger partial charge in [0, 0.05) is 12.8 Å². The van der Waals surface area contributed by atoms with Gasteiger partial charge in [-0.25, -0.2) is 4.79 Å². The Balaban J connectivity index is 1.50. The molecular weight excluding hydrogens is 306 g/mol. The van der Waals surface area contributed by atoms with E-state index in [2.05, 4.69) is 4.98 Å². The lowest BCUT2D eigenvalue weighted by molar-refractivity contribution is -0.169. The molecule has 2 heterocycles. The van der Waals surface area contributed by atoms with Crippen LogP contribution in [0.3, 0.4) is 0 Å². The first-order chi connectivity index (χ1) is 11.8. The summed E-state index contributed by atoms with van der Waals surface area (Å²) >= 11 is 0. The molecule has 0 radical (unpaired) electrons. The summed E-state index contributed by atoms with van der Waals surface area (Å²) < 4.78 is 16.6. The zero-order valence-electron chi connectivity index (χ0n) is 13.5. The largest absolute Gasteiger partial charge is 0.457 e. The lowest BCUT2D eigenvalue weighted by Crippen LogP contribution is -2.22. The van der Waals surface area contributed by atoms with Crippen LogP contribution in [0.1, 0.15) is 40.9 Å². The van der Waals surface area contributed by atoms with Crippen molar-refractivity contribution >= 4 is 5.97 Å². The SMILES string of the molecule is O=C(OCc1ccnc(COC2CCCCO2)c1)c1ccccc1. The highest BCUT2D eigenvalue weighted by atomic mass is 16.7. The zero-order chi connectivity index (χ0) is 16.6. The molecule has 0 bridgehead atoms. The minimum absolute atomic E-state index is 0.139. The topological polar surface area (TPSA) is 57.7 Å². The van der Waals surface area contributed by atoms with Gasteiger partial charge in [0.1, 0.15) is 6.61 Å². The summed E-state index contributed by atoms with van der Waals surface area (Å²) in [6.07, 6.45) is 4.72. The van der Waals surface area contributed by atoms with Gasteiger partial charge in [0.15, 0.2) is 6.29 Å². The van der Waals surface area contributed by atoms with Gasteiger partial charge in [-0.15, -0.1) is 0 Å². The van der Waals surface area contributed by atoms with Gasteiger partial charge >= 0.3 is 5.97 Å². The molecule has 1 aliphatic heterocycles. The number of pyridine rings is 1. The fourth-order valence-electron chi connectivity index (χ4n) is 2.52. The molecule has 5 heteroatoms. The number of rotatable bonds is 6. The number of carbonyl (C=O) groups is 1. The molecule has 0 amide bonds. The van der Waals surface area contributed by atoms with Crippen molar-refractivity contribution in [1.29, 1.82) is 0 Å². The second-order valence-corrected chi connectivity index (χ2v) is 5.70. The molecule has 0 N–H and O–H groups in total. The van der Waals surface area contributed by atoms with Gasteiger partial charge in [-0.05, 0) is 49.1 Å². The quantitative estimate of drug-likeness (QED) is 0.760. The van der Waals surface area contributed by atoms with Crippen molar-refractivity contribution in [3.63, 3.8) is 0 Å². The van der Waals surface area contributed by atoms with Crippen LogP contribution in [-0.2, 0) is 27.4 Å². The van der Waals surface area contributed by atoms with Gasteiger partial charge in [0.05, 0.1) is 17.9 Å². The molecule has 126 valence electrons. The Morgan fingerprint density at radius 3 is 2.83 bits per heavy atom. The molecule has 1 aromatic heterocycles. The molecule has 2 aromatic rings.